The number of hydrogen-bond acceptors (Lipinski definition) is 2. The zero-order chi connectivity index (χ0) is 4.00. The molecule has 0 spiro atoms. The van der Waals surface area contributed by atoms with Gasteiger partial charge in [0.1, 0.15) is 0 Å². The monoisotopic (exact) mass is 153 g/mol. The third-order valence-electron chi connectivity index (χ3n) is 0. The molecule has 4 heteroatoms. The Bertz CT molecular complexity index is 8.00. The van der Waals surface area contributed by atoms with Gasteiger partial charge in [0.05, 0.1) is 0 Å². The zero-order valence-electron chi connectivity index (χ0n) is 1.43. The van der Waals surface area contributed by atoms with Crippen LogP contribution < -0.4 is 0 Å². The van der Waals surface area contributed by atoms with Crippen molar-refractivity contribution in [1.82, 2.24) is 0 Å². The molecule has 0 saturated carbocycles. The molecule has 0 atom stereocenters. The van der Waals surface area contributed by atoms with Gasteiger partial charge in [0, 0.05) is 0 Å². The van der Waals surface area contributed by atoms with Crippen LogP contribution in [-0.4, -0.2) is 0 Å². The summed E-state index contributed by atoms with van der Waals surface area (Å²) in [5.74, 6) is 0. The Morgan fingerprint density at radius 2 is 1.25 bits per heavy atom. The first-order valence-corrected chi connectivity index (χ1v) is 1.04. The molecule has 0 rings (SSSR count). The van der Waals surface area contributed by atoms with E-state index >= 15 is 0 Å². The molecule has 0 N–H and O–H groups in total. The topological polar surface area (TPSA) is 34.1 Å². The molecule has 0 aliphatic carbocycles. The van der Waals surface area contributed by atoms with Gasteiger partial charge < -0.3 is 0 Å². The maximum atomic E-state index is 7.88. The van der Waals surface area contributed by atoms with E-state index < -0.39 is 0 Å². The Hall–Kier alpha value is 0.613. The molecule has 0 heterocycles. The van der Waals surface area contributed by atoms with Crippen LogP contribution in [0.3, 0.4) is 0 Å². The molecule has 0 aliphatic rings. The average Bonchev–Trinajstić information content (AvgIpc) is 1.50. The van der Waals surface area contributed by atoms with Gasteiger partial charge in [0.15, 0.2) is 0 Å². The van der Waals surface area contributed by atoms with Gasteiger partial charge >= 0.3 is 39.1 Å². The van der Waals surface area contributed by atoms with Crippen molar-refractivity contribution in [3.8, 4) is 0 Å². The molecular formula is CuNiO2. The summed E-state index contributed by atoms with van der Waals surface area (Å²) < 4.78 is 15.7. The predicted octanol–water partition coefficient (Wildman–Crippen LogP) is -0.243. The quantitative estimate of drug-likeness (QED) is 0.451. The molecule has 0 aromatic carbocycles. The summed E-state index contributed by atoms with van der Waals surface area (Å²) in [6, 6.07) is 0. The van der Waals surface area contributed by atoms with E-state index in [9.17, 15) is 0 Å². The molecule has 2 nitrogen and oxygen atoms in total. The van der Waals surface area contributed by atoms with Crippen LogP contribution in [0.15, 0.2) is 0 Å². The van der Waals surface area contributed by atoms with E-state index in [1.165, 1.54) is 0 Å². The van der Waals surface area contributed by atoms with E-state index in [4.69, 9.17) is 7.73 Å². The summed E-state index contributed by atoms with van der Waals surface area (Å²) in [5.41, 5.74) is 0. The van der Waals surface area contributed by atoms with Crippen LogP contribution in [0.2, 0.25) is 0 Å². The van der Waals surface area contributed by atoms with Crippen LogP contribution in [0.1, 0.15) is 0 Å². The first-order valence-electron chi connectivity index (χ1n) is 0.252. The Labute approximate surface area is 39.5 Å². The van der Waals surface area contributed by atoms with Gasteiger partial charge in [0.2, 0.25) is 0 Å². The van der Waals surface area contributed by atoms with Gasteiger partial charge in [-0.15, -0.1) is 0 Å². The normalized spacial score (nSPS) is 3.00. The fraction of sp³-hybridized carbons (Fsp3) is 0. The molecule has 0 saturated heterocycles. The number of hydrogen-bond donors (Lipinski definition) is 0. The predicted molar refractivity (Wildman–Crippen MR) is 1.37 cm³/mol. The summed E-state index contributed by atoms with van der Waals surface area (Å²) in [5, 5.41) is 0. The van der Waals surface area contributed by atoms with Crippen LogP contribution in [0.25, 0.3) is 0 Å². The van der Waals surface area contributed by atoms with E-state index in [2.05, 4.69) is 31.3 Å². The standard InChI is InChI=1S/Cu.Ni.2O. The van der Waals surface area contributed by atoms with Gasteiger partial charge in [-0.05, 0) is 0 Å². The number of rotatable bonds is 0. The van der Waals surface area contributed by atoms with Gasteiger partial charge in [-0.2, -0.15) is 0 Å². The Balaban J connectivity index is 0. The third-order valence-corrected chi connectivity index (χ3v) is 0. The molecule has 33 valence electrons. The summed E-state index contributed by atoms with van der Waals surface area (Å²) in [6.45, 7) is 0. The molecule has 0 aliphatic heterocycles. The van der Waals surface area contributed by atoms with Gasteiger partial charge in [0.25, 0.3) is 0 Å². The van der Waals surface area contributed by atoms with Crippen LogP contribution >= 0.6 is 0 Å². The van der Waals surface area contributed by atoms with Crippen molar-refractivity contribution in [2.75, 3.05) is 0 Å². The zero-order valence-corrected chi connectivity index (χ0v) is 3.36. The van der Waals surface area contributed by atoms with Gasteiger partial charge in [-0.3, -0.25) is 0 Å². The first kappa shape index (κ1) is 8.82. The average molecular weight is 154 g/mol. The molecule has 0 radical (unpaired) electrons. The van der Waals surface area contributed by atoms with E-state index in [0.29, 0.717) is 0 Å². The molecular weight excluding hydrogens is 154 g/mol. The molecule has 0 aromatic heterocycles. The summed E-state index contributed by atoms with van der Waals surface area (Å²) in [6.07, 6.45) is 0. The maximum absolute atomic E-state index is 7.88. The fourth-order valence-electron chi connectivity index (χ4n) is 0. The first-order chi connectivity index (χ1) is 2.00. The van der Waals surface area contributed by atoms with Gasteiger partial charge in [-0.1, -0.05) is 0 Å². The van der Waals surface area contributed by atoms with Crippen molar-refractivity contribution in [2.45, 2.75) is 0 Å². The Morgan fingerprint density at radius 3 is 1.25 bits per heavy atom. The second kappa shape index (κ2) is 65.7. The SMILES string of the molecule is [O]=[Cu].[O]=[Ni]. The Morgan fingerprint density at radius 1 is 1.25 bits per heavy atom. The van der Waals surface area contributed by atoms with Crippen molar-refractivity contribution < 1.29 is 39.1 Å². The second-order valence-electron chi connectivity index (χ2n) is 0. The minimum absolute atomic E-state index is 2.62. The third kappa shape index (κ3) is 18.1. The molecule has 0 aromatic rings. The second-order valence-corrected chi connectivity index (χ2v) is 0. The van der Waals surface area contributed by atoms with Crippen molar-refractivity contribution >= 4 is 0 Å². The van der Waals surface area contributed by atoms with Crippen LogP contribution in [0.5, 0.6) is 0 Å². The fourth-order valence-corrected chi connectivity index (χ4v) is 0. The van der Waals surface area contributed by atoms with Crippen molar-refractivity contribution in [3.63, 3.8) is 0 Å². The summed E-state index contributed by atoms with van der Waals surface area (Å²) in [7, 11) is 0. The van der Waals surface area contributed by atoms with Crippen LogP contribution in [0.4, 0.5) is 0 Å². The van der Waals surface area contributed by atoms with Crippen molar-refractivity contribution in [1.29, 1.82) is 0 Å². The molecule has 0 fully saturated rings. The molecule has 4 heavy (non-hydrogen) atoms. The molecule has 0 unspecified atom stereocenters. The van der Waals surface area contributed by atoms with Gasteiger partial charge in [-0.25, -0.2) is 0 Å². The van der Waals surface area contributed by atoms with Crippen LogP contribution in [-0.2, 0) is 39.1 Å². The summed E-state index contributed by atoms with van der Waals surface area (Å²) >= 11 is 5.56. The van der Waals surface area contributed by atoms with Crippen molar-refractivity contribution in [2.24, 2.45) is 0 Å². The van der Waals surface area contributed by atoms with E-state index in [-0.39, 0.29) is 0 Å². The molecule has 0 bridgehead atoms. The van der Waals surface area contributed by atoms with Crippen molar-refractivity contribution in [3.05, 3.63) is 0 Å². The Kier molecular flexibility index (Phi) is 145. The van der Waals surface area contributed by atoms with E-state index in [1.807, 2.05) is 0 Å². The van der Waals surface area contributed by atoms with E-state index in [0.717, 1.165) is 0 Å². The minimum atomic E-state index is 2.62. The van der Waals surface area contributed by atoms with Crippen LogP contribution in [0, 0.1) is 0 Å². The van der Waals surface area contributed by atoms with E-state index in [1.54, 1.807) is 0 Å². The summed E-state index contributed by atoms with van der Waals surface area (Å²) in [4.78, 5) is 0. The molecule has 0 amide bonds.